The molecule has 0 saturated carbocycles. The van der Waals surface area contributed by atoms with E-state index in [-0.39, 0.29) is 5.82 Å². The molecule has 0 radical (unpaired) electrons. The molecule has 0 saturated heterocycles. The third-order valence-corrected chi connectivity index (χ3v) is 3.69. The maximum Gasteiger partial charge on any atom is 0.123 e. The Morgan fingerprint density at radius 2 is 1.84 bits per heavy atom. The third-order valence-electron chi connectivity index (χ3n) is 3.08. The molecule has 0 unspecified atom stereocenters. The molecule has 0 aliphatic rings. The fraction of sp³-hybridized carbons (Fsp3) is 0.0667. The Bertz CT molecular complexity index is 749. The van der Waals surface area contributed by atoms with Crippen molar-refractivity contribution in [2.45, 2.75) is 6.54 Å². The molecule has 0 fully saturated rings. The molecule has 1 nitrogen and oxygen atoms in total. The van der Waals surface area contributed by atoms with Crippen molar-refractivity contribution in [2.75, 3.05) is 0 Å². The van der Waals surface area contributed by atoms with Crippen molar-refractivity contribution in [3.05, 3.63) is 70.1 Å². The van der Waals surface area contributed by atoms with Crippen molar-refractivity contribution < 1.29 is 4.39 Å². The predicted molar refractivity (Wildman–Crippen MR) is 77.5 cm³/mol. The first-order valence-corrected chi connectivity index (χ1v) is 6.57. The Morgan fingerprint density at radius 3 is 2.68 bits per heavy atom. The molecule has 19 heavy (non-hydrogen) atoms. The Hall–Kier alpha value is -1.51. The summed E-state index contributed by atoms with van der Waals surface area (Å²) in [5.74, 6) is -0.283. The smallest absolute Gasteiger partial charge is 0.123 e. The van der Waals surface area contributed by atoms with Gasteiger partial charge in [-0.2, -0.15) is 0 Å². The second kappa shape index (κ2) is 4.87. The lowest BCUT2D eigenvalue weighted by Gasteiger charge is -2.08. The molecule has 0 aliphatic heterocycles. The van der Waals surface area contributed by atoms with Gasteiger partial charge in [-0.3, -0.25) is 0 Å². The second-order valence-electron chi connectivity index (χ2n) is 4.38. The van der Waals surface area contributed by atoms with Crippen LogP contribution in [0.2, 0.25) is 10.0 Å². The standard InChI is InChI=1S/C15H10Cl2FN/c16-12-2-1-10-5-6-19(15(10)8-12)9-11-7-13(18)3-4-14(11)17/h1-8H,9H2. The van der Waals surface area contributed by atoms with Gasteiger partial charge in [-0.15, -0.1) is 0 Å². The summed E-state index contributed by atoms with van der Waals surface area (Å²) in [7, 11) is 0. The van der Waals surface area contributed by atoms with E-state index in [1.54, 1.807) is 6.07 Å². The van der Waals surface area contributed by atoms with E-state index < -0.39 is 0 Å². The normalized spacial score (nSPS) is 11.1. The molecule has 4 heteroatoms. The zero-order chi connectivity index (χ0) is 13.4. The van der Waals surface area contributed by atoms with Crippen LogP contribution < -0.4 is 0 Å². The lowest BCUT2D eigenvalue weighted by Crippen LogP contribution is -1.99. The van der Waals surface area contributed by atoms with Crippen LogP contribution in [-0.4, -0.2) is 4.57 Å². The van der Waals surface area contributed by atoms with Crippen LogP contribution in [0.5, 0.6) is 0 Å². The maximum atomic E-state index is 13.3. The topological polar surface area (TPSA) is 4.93 Å². The van der Waals surface area contributed by atoms with Crippen molar-refractivity contribution in [1.29, 1.82) is 0 Å². The molecule has 0 bridgehead atoms. The van der Waals surface area contributed by atoms with Crippen LogP contribution in [0.1, 0.15) is 5.56 Å². The molecule has 2 aromatic carbocycles. The average Bonchev–Trinajstić information content (AvgIpc) is 2.77. The molecule has 1 aromatic heterocycles. The molecular weight excluding hydrogens is 284 g/mol. The van der Waals surface area contributed by atoms with Gasteiger partial charge in [0.05, 0.1) is 0 Å². The van der Waals surface area contributed by atoms with Crippen molar-refractivity contribution in [3.63, 3.8) is 0 Å². The summed E-state index contributed by atoms with van der Waals surface area (Å²) in [6.07, 6.45) is 1.95. The highest BCUT2D eigenvalue weighted by Gasteiger charge is 2.06. The molecule has 0 N–H and O–H groups in total. The van der Waals surface area contributed by atoms with E-state index in [4.69, 9.17) is 23.2 Å². The molecule has 3 rings (SSSR count). The summed E-state index contributed by atoms with van der Waals surface area (Å²) in [6.45, 7) is 0.514. The lowest BCUT2D eigenvalue weighted by molar-refractivity contribution is 0.624. The van der Waals surface area contributed by atoms with E-state index in [0.717, 1.165) is 16.5 Å². The molecule has 3 aromatic rings. The van der Waals surface area contributed by atoms with E-state index in [0.29, 0.717) is 16.6 Å². The summed E-state index contributed by atoms with van der Waals surface area (Å²) in [6, 6.07) is 12.1. The van der Waals surface area contributed by atoms with E-state index in [1.165, 1.54) is 12.1 Å². The number of rotatable bonds is 2. The van der Waals surface area contributed by atoms with Crippen molar-refractivity contribution in [3.8, 4) is 0 Å². The highest BCUT2D eigenvalue weighted by molar-refractivity contribution is 6.31. The van der Waals surface area contributed by atoms with Crippen molar-refractivity contribution >= 4 is 34.1 Å². The van der Waals surface area contributed by atoms with Gasteiger partial charge in [0.1, 0.15) is 5.82 Å². The predicted octanol–water partition coefficient (Wildman–Crippen LogP) is 5.14. The number of aromatic nitrogens is 1. The minimum atomic E-state index is -0.283. The Morgan fingerprint density at radius 1 is 1.00 bits per heavy atom. The summed E-state index contributed by atoms with van der Waals surface area (Å²) >= 11 is 12.1. The van der Waals surface area contributed by atoms with Gasteiger partial charge in [0.25, 0.3) is 0 Å². The van der Waals surface area contributed by atoms with Crippen LogP contribution in [-0.2, 0) is 6.54 Å². The zero-order valence-electron chi connectivity index (χ0n) is 9.91. The number of halogens is 3. The SMILES string of the molecule is Fc1ccc(Cl)c(Cn2ccc3ccc(Cl)cc32)c1. The van der Waals surface area contributed by atoms with Gasteiger partial charge in [-0.05, 0) is 47.3 Å². The highest BCUT2D eigenvalue weighted by Crippen LogP contribution is 2.24. The number of hydrogen-bond donors (Lipinski definition) is 0. The Kier molecular flexibility index (Phi) is 3.21. The quantitative estimate of drug-likeness (QED) is 0.617. The minimum absolute atomic E-state index is 0.283. The average molecular weight is 294 g/mol. The summed E-state index contributed by atoms with van der Waals surface area (Å²) < 4.78 is 15.3. The molecule has 0 spiro atoms. The third kappa shape index (κ3) is 2.46. The first-order chi connectivity index (χ1) is 9.13. The minimum Gasteiger partial charge on any atom is -0.343 e. The first-order valence-electron chi connectivity index (χ1n) is 5.82. The van der Waals surface area contributed by atoms with E-state index in [1.807, 2.05) is 35.0 Å². The van der Waals surface area contributed by atoms with Crippen LogP contribution in [0, 0.1) is 5.82 Å². The van der Waals surface area contributed by atoms with Crippen LogP contribution in [0.3, 0.4) is 0 Å². The lowest BCUT2D eigenvalue weighted by atomic mass is 10.2. The second-order valence-corrected chi connectivity index (χ2v) is 5.23. The van der Waals surface area contributed by atoms with Gasteiger partial charge < -0.3 is 4.57 Å². The van der Waals surface area contributed by atoms with Crippen LogP contribution in [0.4, 0.5) is 4.39 Å². The summed E-state index contributed by atoms with van der Waals surface area (Å²) in [5, 5.41) is 2.33. The molecule has 96 valence electrons. The van der Waals surface area contributed by atoms with E-state index in [9.17, 15) is 4.39 Å². The van der Waals surface area contributed by atoms with Gasteiger partial charge in [0.15, 0.2) is 0 Å². The van der Waals surface area contributed by atoms with Crippen LogP contribution in [0.25, 0.3) is 10.9 Å². The van der Waals surface area contributed by atoms with E-state index >= 15 is 0 Å². The van der Waals surface area contributed by atoms with Crippen molar-refractivity contribution in [2.24, 2.45) is 0 Å². The fourth-order valence-electron chi connectivity index (χ4n) is 2.14. The fourth-order valence-corrected chi connectivity index (χ4v) is 2.49. The first kappa shape index (κ1) is 12.5. The van der Waals surface area contributed by atoms with Gasteiger partial charge in [-0.25, -0.2) is 4.39 Å². The summed E-state index contributed by atoms with van der Waals surface area (Å²) in [4.78, 5) is 0. The zero-order valence-corrected chi connectivity index (χ0v) is 11.4. The highest BCUT2D eigenvalue weighted by atomic mass is 35.5. The summed E-state index contributed by atoms with van der Waals surface area (Å²) in [5.41, 5.74) is 1.76. The van der Waals surface area contributed by atoms with Crippen LogP contribution in [0.15, 0.2) is 48.7 Å². The Balaban J connectivity index is 2.05. The van der Waals surface area contributed by atoms with Gasteiger partial charge in [0.2, 0.25) is 0 Å². The number of benzene rings is 2. The largest absolute Gasteiger partial charge is 0.343 e. The molecule has 0 aliphatic carbocycles. The van der Waals surface area contributed by atoms with Gasteiger partial charge in [0, 0.05) is 28.3 Å². The number of nitrogens with zero attached hydrogens (tertiary/aromatic N) is 1. The van der Waals surface area contributed by atoms with E-state index in [2.05, 4.69) is 0 Å². The number of fused-ring (bicyclic) bond motifs is 1. The monoisotopic (exact) mass is 293 g/mol. The van der Waals surface area contributed by atoms with Gasteiger partial charge in [-0.1, -0.05) is 29.3 Å². The number of hydrogen-bond acceptors (Lipinski definition) is 0. The molecule has 0 amide bonds. The molecule has 1 heterocycles. The molecular formula is C15H10Cl2FN. The Labute approximate surface area is 120 Å². The maximum absolute atomic E-state index is 13.3. The van der Waals surface area contributed by atoms with Gasteiger partial charge >= 0.3 is 0 Å². The van der Waals surface area contributed by atoms with Crippen molar-refractivity contribution in [1.82, 2.24) is 4.57 Å². The molecule has 0 atom stereocenters. The van der Waals surface area contributed by atoms with Crippen LogP contribution >= 0.6 is 23.2 Å².